The maximum absolute atomic E-state index is 12.5. The van der Waals surface area contributed by atoms with Gasteiger partial charge in [0.05, 0.1) is 13.0 Å². The van der Waals surface area contributed by atoms with E-state index in [0.29, 0.717) is 18.9 Å². The number of fused-ring (bicyclic) bond motifs is 1. The molecule has 172 valence electrons. The molecular weight excluding hydrogens is 396 g/mol. The van der Waals surface area contributed by atoms with Crippen molar-refractivity contribution >= 4 is 5.91 Å². The summed E-state index contributed by atoms with van der Waals surface area (Å²) in [5.74, 6) is 0.534. The number of benzene rings is 2. The highest BCUT2D eigenvalue weighted by atomic mass is 16.5. The average Bonchev–Trinajstić information content (AvgIpc) is 3.15. The standard InChI is InChI=1S/C28H38N2O2/c1-21-20-30(28(31)14-18-32-3)17-13-25-10-11-26(19-27(21)25)24-8-6-23(7-9-24)12-16-29-15-4-5-22(29)2/h6-11,19,21-22H,4-5,12-18,20H2,1-3H3/t21-,22?/m0/s1. The quantitative estimate of drug-likeness (QED) is 0.621. The van der Waals surface area contributed by atoms with Gasteiger partial charge in [0.15, 0.2) is 0 Å². The zero-order chi connectivity index (χ0) is 22.5. The molecule has 2 aromatic carbocycles. The van der Waals surface area contributed by atoms with Crippen LogP contribution in [-0.2, 0) is 22.4 Å². The molecule has 0 aliphatic carbocycles. The largest absolute Gasteiger partial charge is 0.384 e. The Bertz CT molecular complexity index is 908. The minimum absolute atomic E-state index is 0.200. The van der Waals surface area contributed by atoms with E-state index in [1.165, 1.54) is 47.2 Å². The second kappa shape index (κ2) is 10.6. The minimum atomic E-state index is 0.200. The number of rotatable bonds is 7. The number of amides is 1. The average molecular weight is 435 g/mol. The third kappa shape index (κ3) is 5.41. The molecule has 4 heteroatoms. The molecule has 0 saturated carbocycles. The molecule has 2 aromatic rings. The summed E-state index contributed by atoms with van der Waals surface area (Å²) in [5, 5.41) is 0. The van der Waals surface area contributed by atoms with E-state index in [4.69, 9.17) is 4.74 Å². The molecule has 1 fully saturated rings. The lowest BCUT2D eigenvalue weighted by molar-refractivity contribution is -0.132. The van der Waals surface area contributed by atoms with Crippen LogP contribution >= 0.6 is 0 Å². The van der Waals surface area contributed by atoms with Crippen LogP contribution in [0.25, 0.3) is 11.1 Å². The van der Waals surface area contributed by atoms with Crippen LogP contribution in [0.4, 0.5) is 0 Å². The van der Waals surface area contributed by atoms with Crippen molar-refractivity contribution in [2.75, 3.05) is 39.9 Å². The van der Waals surface area contributed by atoms with Gasteiger partial charge in [-0.05, 0) is 72.9 Å². The lowest BCUT2D eigenvalue weighted by Gasteiger charge is -2.23. The fourth-order valence-corrected chi connectivity index (χ4v) is 5.27. The highest BCUT2D eigenvalue weighted by Gasteiger charge is 2.23. The van der Waals surface area contributed by atoms with Crippen molar-refractivity contribution in [3.05, 3.63) is 59.2 Å². The molecule has 2 heterocycles. The predicted molar refractivity (Wildman–Crippen MR) is 131 cm³/mol. The molecule has 0 spiro atoms. The molecular formula is C28H38N2O2. The molecule has 2 aliphatic heterocycles. The normalized spacial score (nSPS) is 21.4. The van der Waals surface area contributed by atoms with Crippen LogP contribution in [0.2, 0.25) is 0 Å². The molecule has 0 N–H and O–H groups in total. The highest BCUT2D eigenvalue weighted by Crippen LogP contribution is 2.31. The van der Waals surface area contributed by atoms with Gasteiger partial charge in [0.2, 0.25) is 5.91 Å². The first-order chi connectivity index (χ1) is 15.5. The molecule has 1 amide bonds. The van der Waals surface area contributed by atoms with Crippen LogP contribution in [0.3, 0.4) is 0 Å². The molecule has 2 atom stereocenters. The van der Waals surface area contributed by atoms with E-state index in [0.717, 1.165) is 38.5 Å². The fourth-order valence-electron chi connectivity index (χ4n) is 5.27. The Morgan fingerprint density at radius 1 is 1.06 bits per heavy atom. The van der Waals surface area contributed by atoms with Crippen molar-refractivity contribution in [2.45, 2.75) is 57.9 Å². The summed E-state index contributed by atoms with van der Waals surface area (Å²) in [6.07, 6.45) is 5.20. The third-order valence-electron chi connectivity index (χ3n) is 7.36. The van der Waals surface area contributed by atoms with Crippen LogP contribution < -0.4 is 0 Å². The Hall–Kier alpha value is -2.17. The van der Waals surface area contributed by atoms with E-state index in [2.05, 4.69) is 61.2 Å². The van der Waals surface area contributed by atoms with E-state index < -0.39 is 0 Å². The zero-order valence-electron chi connectivity index (χ0n) is 20.0. The summed E-state index contributed by atoms with van der Waals surface area (Å²) < 4.78 is 5.09. The highest BCUT2D eigenvalue weighted by molar-refractivity contribution is 5.76. The fraction of sp³-hybridized carbons (Fsp3) is 0.536. The molecule has 4 nitrogen and oxygen atoms in total. The van der Waals surface area contributed by atoms with E-state index in [1.54, 1.807) is 7.11 Å². The second-order valence-corrected chi connectivity index (χ2v) is 9.62. The summed E-state index contributed by atoms with van der Waals surface area (Å²) in [6, 6.07) is 16.7. The van der Waals surface area contributed by atoms with Gasteiger partial charge in [-0.25, -0.2) is 0 Å². The van der Waals surface area contributed by atoms with Crippen molar-refractivity contribution in [1.82, 2.24) is 9.80 Å². The Morgan fingerprint density at radius 2 is 1.84 bits per heavy atom. The summed E-state index contributed by atoms with van der Waals surface area (Å²) in [7, 11) is 1.65. The topological polar surface area (TPSA) is 32.8 Å². The van der Waals surface area contributed by atoms with Crippen molar-refractivity contribution in [3.63, 3.8) is 0 Å². The molecule has 4 rings (SSSR count). The van der Waals surface area contributed by atoms with Gasteiger partial charge in [-0.3, -0.25) is 4.79 Å². The lowest BCUT2D eigenvalue weighted by Crippen LogP contribution is -2.34. The van der Waals surface area contributed by atoms with Gasteiger partial charge in [-0.15, -0.1) is 0 Å². The molecule has 0 aromatic heterocycles. The maximum atomic E-state index is 12.5. The Balaban J connectivity index is 1.42. The molecule has 0 radical (unpaired) electrons. The molecule has 0 bridgehead atoms. The van der Waals surface area contributed by atoms with Gasteiger partial charge in [0, 0.05) is 32.8 Å². The summed E-state index contributed by atoms with van der Waals surface area (Å²) in [4.78, 5) is 17.2. The maximum Gasteiger partial charge on any atom is 0.224 e. The number of carbonyl (C=O) groups excluding carboxylic acids is 1. The summed E-state index contributed by atoms with van der Waals surface area (Å²) >= 11 is 0. The smallest absolute Gasteiger partial charge is 0.224 e. The minimum Gasteiger partial charge on any atom is -0.384 e. The number of methoxy groups -OCH3 is 1. The lowest BCUT2D eigenvalue weighted by atomic mass is 9.91. The van der Waals surface area contributed by atoms with Crippen molar-refractivity contribution in [3.8, 4) is 11.1 Å². The molecule has 32 heavy (non-hydrogen) atoms. The monoisotopic (exact) mass is 434 g/mol. The predicted octanol–water partition coefficient (Wildman–Crippen LogP) is 4.91. The van der Waals surface area contributed by atoms with Crippen LogP contribution in [0.5, 0.6) is 0 Å². The summed E-state index contributed by atoms with van der Waals surface area (Å²) in [6.45, 7) is 9.08. The van der Waals surface area contributed by atoms with Gasteiger partial charge in [0.1, 0.15) is 0 Å². The van der Waals surface area contributed by atoms with Gasteiger partial charge >= 0.3 is 0 Å². The SMILES string of the molecule is COCCC(=O)N1CCc2ccc(-c3ccc(CCN4CCCC4C)cc3)cc2[C@@H](C)C1. The van der Waals surface area contributed by atoms with E-state index in [9.17, 15) is 4.79 Å². The Morgan fingerprint density at radius 3 is 2.56 bits per heavy atom. The van der Waals surface area contributed by atoms with Gasteiger partial charge < -0.3 is 14.5 Å². The van der Waals surface area contributed by atoms with Crippen LogP contribution in [0, 0.1) is 0 Å². The van der Waals surface area contributed by atoms with Gasteiger partial charge in [0.25, 0.3) is 0 Å². The molecule has 2 aliphatic rings. The van der Waals surface area contributed by atoms with Crippen LogP contribution in [0.15, 0.2) is 42.5 Å². The van der Waals surface area contributed by atoms with E-state index >= 15 is 0 Å². The van der Waals surface area contributed by atoms with E-state index in [1.807, 2.05) is 4.90 Å². The number of likely N-dealkylation sites (tertiary alicyclic amines) is 1. The number of hydrogen-bond donors (Lipinski definition) is 0. The Labute approximate surface area is 193 Å². The van der Waals surface area contributed by atoms with Gasteiger partial charge in [-0.2, -0.15) is 0 Å². The van der Waals surface area contributed by atoms with E-state index in [-0.39, 0.29) is 5.91 Å². The Kier molecular flexibility index (Phi) is 7.64. The van der Waals surface area contributed by atoms with Crippen molar-refractivity contribution < 1.29 is 9.53 Å². The summed E-state index contributed by atoms with van der Waals surface area (Å²) in [5.41, 5.74) is 6.72. The molecule has 1 saturated heterocycles. The second-order valence-electron chi connectivity index (χ2n) is 9.62. The zero-order valence-corrected chi connectivity index (χ0v) is 20.0. The first kappa shape index (κ1) is 23.0. The first-order valence-corrected chi connectivity index (χ1v) is 12.3. The number of ether oxygens (including phenoxy) is 1. The number of hydrogen-bond acceptors (Lipinski definition) is 3. The van der Waals surface area contributed by atoms with Crippen molar-refractivity contribution in [2.24, 2.45) is 0 Å². The number of carbonyl (C=O) groups is 1. The van der Waals surface area contributed by atoms with Crippen molar-refractivity contribution in [1.29, 1.82) is 0 Å². The van der Waals surface area contributed by atoms with Crippen LogP contribution in [-0.4, -0.2) is 61.6 Å². The molecule has 1 unspecified atom stereocenters. The first-order valence-electron chi connectivity index (χ1n) is 12.3. The number of nitrogens with zero attached hydrogens (tertiary/aromatic N) is 2. The van der Waals surface area contributed by atoms with Crippen LogP contribution in [0.1, 0.15) is 55.7 Å². The van der Waals surface area contributed by atoms with Gasteiger partial charge in [-0.1, -0.05) is 49.4 Å². The third-order valence-corrected chi connectivity index (χ3v) is 7.36.